The Morgan fingerprint density at radius 2 is 2.07 bits per heavy atom. The standard InChI is InChI=1S/C20H22N4O2S/c1-13(15-8-9-15)21-18(25)12-27-20-23-22-19(17-10-11-26-14(17)2)24(20)16-6-4-3-5-7-16/h3-7,10-11,13,15H,8-9,12H2,1-2H3,(H,21,25)/t13-/m1/s1. The molecule has 1 amide bonds. The molecule has 1 fully saturated rings. The van der Waals surface area contributed by atoms with Crippen LogP contribution in [0.15, 0.2) is 52.2 Å². The molecular formula is C20H22N4O2S. The lowest BCUT2D eigenvalue weighted by Crippen LogP contribution is -2.35. The van der Waals surface area contributed by atoms with Crippen LogP contribution in [0.2, 0.25) is 0 Å². The molecule has 1 N–H and O–H groups in total. The molecule has 0 unspecified atom stereocenters. The number of thioether (sulfide) groups is 1. The maximum absolute atomic E-state index is 12.3. The molecule has 27 heavy (non-hydrogen) atoms. The Morgan fingerprint density at radius 1 is 1.30 bits per heavy atom. The summed E-state index contributed by atoms with van der Waals surface area (Å²) in [7, 11) is 0. The smallest absolute Gasteiger partial charge is 0.230 e. The van der Waals surface area contributed by atoms with Gasteiger partial charge in [-0.2, -0.15) is 0 Å². The molecule has 1 atom stereocenters. The maximum Gasteiger partial charge on any atom is 0.230 e. The first kappa shape index (κ1) is 17.9. The van der Waals surface area contributed by atoms with Crippen LogP contribution in [-0.4, -0.2) is 32.5 Å². The molecule has 1 aromatic carbocycles. The van der Waals surface area contributed by atoms with Crippen LogP contribution in [0.25, 0.3) is 17.1 Å². The Hall–Kier alpha value is -2.54. The number of aryl methyl sites for hydroxylation is 1. The van der Waals surface area contributed by atoms with Gasteiger partial charge in [0.15, 0.2) is 11.0 Å². The minimum absolute atomic E-state index is 0.0306. The number of furan rings is 1. The highest BCUT2D eigenvalue weighted by Gasteiger charge is 2.29. The van der Waals surface area contributed by atoms with Gasteiger partial charge in [0.05, 0.1) is 17.6 Å². The van der Waals surface area contributed by atoms with E-state index in [2.05, 4.69) is 22.4 Å². The zero-order valence-electron chi connectivity index (χ0n) is 15.4. The van der Waals surface area contributed by atoms with E-state index in [1.165, 1.54) is 24.6 Å². The van der Waals surface area contributed by atoms with E-state index in [0.29, 0.717) is 22.7 Å². The fraction of sp³-hybridized carbons (Fsp3) is 0.350. The number of amides is 1. The van der Waals surface area contributed by atoms with Crippen molar-refractivity contribution in [1.82, 2.24) is 20.1 Å². The van der Waals surface area contributed by atoms with Crippen LogP contribution < -0.4 is 5.32 Å². The molecule has 0 aliphatic heterocycles. The van der Waals surface area contributed by atoms with Crippen LogP contribution in [0.5, 0.6) is 0 Å². The van der Waals surface area contributed by atoms with Gasteiger partial charge in [-0.3, -0.25) is 9.36 Å². The lowest BCUT2D eigenvalue weighted by atomic mass is 10.2. The highest BCUT2D eigenvalue weighted by molar-refractivity contribution is 7.99. The molecule has 2 heterocycles. The summed E-state index contributed by atoms with van der Waals surface area (Å²) in [6, 6.07) is 12.0. The number of para-hydroxylation sites is 1. The van der Waals surface area contributed by atoms with E-state index in [1.54, 1.807) is 6.26 Å². The summed E-state index contributed by atoms with van der Waals surface area (Å²) in [6.07, 6.45) is 4.07. The highest BCUT2D eigenvalue weighted by atomic mass is 32.2. The van der Waals surface area contributed by atoms with Crippen LogP contribution in [-0.2, 0) is 4.79 Å². The molecule has 6 nitrogen and oxygen atoms in total. The molecule has 3 aromatic rings. The first-order chi connectivity index (χ1) is 13.1. The third-order valence-corrected chi connectivity index (χ3v) is 5.73. The first-order valence-corrected chi connectivity index (χ1v) is 10.1. The highest BCUT2D eigenvalue weighted by Crippen LogP contribution is 2.33. The van der Waals surface area contributed by atoms with E-state index in [1.807, 2.05) is 47.9 Å². The average molecular weight is 382 g/mol. The SMILES string of the molecule is Cc1occc1-c1nnc(SCC(=O)N[C@H](C)C2CC2)n1-c1ccccc1. The second-order valence-electron chi connectivity index (χ2n) is 6.85. The van der Waals surface area contributed by atoms with Gasteiger partial charge in [0.2, 0.25) is 5.91 Å². The Labute approximate surface area is 162 Å². The summed E-state index contributed by atoms with van der Waals surface area (Å²) in [4.78, 5) is 12.3. The van der Waals surface area contributed by atoms with E-state index in [-0.39, 0.29) is 11.9 Å². The van der Waals surface area contributed by atoms with Gasteiger partial charge in [-0.1, -0.05) is 30.0 Å². The predicted molar refractivity (Wildman–Crippen MR) is 105 cm³/mol. The summed E-state index contributed by atoms with van der Waals surface area (Å²) in [5.74, 6) is 2.48. The van der Waals surface area contributed by atoms with Gasteiger partial charge in [0.1, 0.15) is 5.76 Å². The molecule has 0 radical (unpaired) electrons. The fourth-order valence-corrected chi connectivity index (χ4v) is 3.87. The van der Waals surface area contributed by atoms with Crippen molar-refractivity contribution in [2.45, 2.75) is 37.9 Å². The van der Waals surface area contributed by atoms with Crippen molar-refractivity contribution >= 4 is 17.7 Å². The van der Waals surface area contributed by atoms with Gasteiger partial charge in [-0.25, -0.2) is 0 Å². The van der Waals surface area contributed by atoms with Gasteiger partial charge in [-0.05, 0) is 50.8 Å². The van der Waals surface area contributed by atoms with Crippen LogP contribution in [0, 0.1) is 12.8 Å². The van der Waals surface area contributed by atoms with E-state index >= 15 is 0 Å². The van der Waals surface area contributed by atoms with Crippen LogP contribution in [0.4, 0.5) is 0 Å². The van der Waals surface area contributed by atoms with Crippen molar-refractivity contribution < 1.29 is 9.21 Å². The van der Waals surface area contributed by atoms with E-state index < -0.39 is 0 Å². The van der Waals surface area contributed by atoms with E-state index in [9.17, 15) is 4.79 Å². The van der Waals surface area contributed by atoms with Crippen LogP contribution >= 0.6 is 11.8 Å². The molecule has 1 aliphatic carbocycles. The molecule has 0 saturated heterocycles. The third-order valence-electron chi connectivity index (χ3n) is 4.80. The summed E-state index contributed by atoms with van der Waals surface area (Å²) >= 11 is 1.39. The largest absolute Gasteiger partial charge is 0.469 e. The number of carbonyl (C=O) groups is 1. The van der Waals surface area contributed by atoms with Crippen molar-refractivity contribution in [2.75, 3.05) is 5.75 Å². The van der Waals surface area contributed by atoms with Gasteiger partial charge in [-0.15, -0.1) is 10.2 Å². The Balaban J connectivity index is 1.58. The summed E-state index contributed by atoms with van der Waals surface area (Å²) in [5, 5.41) is 12.5. The Kier molecular flexibility index (Phi) is 5.03. The summed E-state index contributed by atoms with van der Waals surface area (Å²) < 4.78 is 7.41. The van der Waals surface area contributed by atoms with Crippen molar-refractivity contribution in [3.63, 3.8) is 0 Å². The molecule has 0 spiro atoms. The normalized spacial score (nSPS) is 14.9. The number of hydrogen-bond acceptors (Lipinski definition) is 5. The number of carbonyl (C=O) groups excluding carboxylic acids is 1. The van der Waals surface area contributed by atoms with Crippen LogP contribution in [0.1, 0.15) is 25.5 Å². The molecule has 1 saturated carbocycles. The number of hydrogen-bond donors (Lipinski definition) is 1. The second-order valence-corrected chi connectivity index (χ2v) is 7.79. The number of nitrogens with zero attached hydrogens (tertiary/aromatic N) is 3. The number of aromatic nitrogens is 3. The number of benzene rings is 1. The first-order valence-electron chi connectivity index (χ1n) is 9.11. The quantitative estimate of drug-likeness (QED) is 0.629. The average Bonchev–Trinajstić information content (AvgIpc) is 3.32. The van der Waals surface area contributed by atoms with E-state index in [0.717, 1.165) is 17.0 Å². The van der Waals surface area contributed by atoms with Crippen molar-refractivity contribution in [3.05, 3.63) is 48.4 Å². The fourth-order valence-electron chi connectivity index (χ4n) is 3.10. The predicted octanol–water partition coefficient (Wildman–Crippen LogP) is 3.84. The van der Waals surface area contributed by atoms with Gasteiger partial charge < -0.3 is 9.73 Å². The Bertz CT molecular complexity index is 931. The minimum atomic E-state index is 0.0306. The van der Waals surface area contributed by atoms with Crippen molar-refractivity contribution in [2.24, 2.45) is 5.92 Å². The number of rotatable bonds is 7. The third kappa shape index (κ3) is 3.93. The molecular weight excluding hydrogens is 360 g/mol. The Morgan fingerprint density at radius 3 is 2.74 bits per heavy atom. The lowest BCUT2D eigenvalue weighted by Gasteiger charge is -2.13. The zero-order valence-corrected chi connectivity index (χ0v) is 16.2. The van der Waals surface area contributed by atoms with Gasteiger partial charge in [0.25, 0.3) is 0 Å². The number of nitrogens with one attached hydrogen (secondary N) is 1. The van der Waals surface area contributed by atoms with Crippen LogP contribution in [0.3, 0.4) is 0 Å². The van der Waals surface area contributed by atoms with Crippen molar-refractivity contribution in [1.29, 1.82) is 0 Å². The monoisotopic (exact) mass is 382 g/mol. The maximum atomic E-state index is 12.3. The molecule has 2 aromatic heterocycles. The molecule has 7 heteroatoms. The second kappa shape index (κ2) is 7.60. The molecule has 0 bridgehead atoms. The lowest BCUT2D eigenvalue weighted by molar-refractivity contribution is -0.119. The van der Waals surface area contributed by atoms with Crippen molar-refractivity contribution in [3.8, 4) is 17.1 Å². The van der Waals surface area contributed by atoms with Gasteiger partial charge >= 0.3 is 0 Å². The van der Waals surface area contributed by atoms with E-state index in [4.69, 9.17) is 4.42 Å². The summed E-state index contributed by atoms with van der Waals surface area (Å²) in [5.41, 5.74) is 1.84. The molecule has 1 aliphatic rings. The molecule has 140 valence electrons. The topological polar surface area (TPSA) is 72.9 Å². The summed E-state index contributed by atoms with van der Waals surface area (Å²) in [6.45, 7) is 3.98. The minimum Gasteiger partial charge on any atom is -0.469 e. The zero-order chi connectivity index (χ0) is 18.8. The molecule has 4 rings (SSSR count). The van der Waals surface area contributed by atoms with Gasteiger partial charge in [0, 0.05) is 11.7 Å².